The van der Waals surface area contributed by atoms with Crippen LogP contribution in [-0.4, -0.2) is 44.2 Å². The summed E-state index contributed by atoms with van der Waals surface area (Å²) in [6, 6.07) is 6.40. The van der Waals surface area contributed by atoms with Crippen molar-refractivity contribution in [3.8, 4) is 5.75 Å². The van der Waals surface area contributed by atoms with Gasteiger partial charge in [-0.15, -0.1) is 0 Å². The van der Waals surface area contributed by atoms with Crippen LogP contribution in [0.4, 0.5) is 0 Å². The molecule has 1 rings (SSSR count). The van der Waals surface area contributed by atoms with Gasteiger partial charge in [0.2, 0.25) is 0 Å². The molecule has 3 nitrogen and oxygen atoms in total. The molecule has 0 spiro atoms. The van der Waals surface area contributed by atoms with Crippen LogP contribution in [0.5, 0.6) is 5.75 Å². The van der Waals surface area contributed by atoms with Crippen molar-refractivity contribution in [3.63, 3.8) is 0 Å². The van der Waals surface area contributed by atoms with Gasteiger partial charge in [0.05, 0.1) is 6.61 Å². The zero-order valence-corrected chi connectivity index (χ0v) is 16.7. The van der Waals surface area contributed by atoms with Crippen molar-refractivity contribution in [2.24, 2.45) is 5.41 Å². The van der Waals surface area contributed by atoms with Crippen molar-refractivity contribution in [2.45, 2.75) is 54.4 Å². The lowest BCUT2D eigenvalue weighted by atomic mass is 9.88. The van der Waals surface area contributed by atoms with Crippen LogP contribution in [0.1, 0.15) is 51.7 Å². The van der Waals surface area contributed by atoms with Gasteiger partial charge in [-0.1, -0.05) is 39.8 Å². The summed E-state index contributed by atoms with van der Waals surface area (Å²) in [5.74, 6) is 1.03. The number of hydrogen-bond donors (Lipinski definition) is 1. The Morgan fingerprint density at radius 2 is 1.83 bits per heavy atom. The van der Waals surface area contributed by atoms with E-state index in [0.29, 0.717) is 5.41 Å². The second-order valence-electron chi connectivity index (χ2n) is 7.59. The van der Waals surface area contributed by atoms with Crippen LogP contribution >= 0.6 is 0 Å². The molecule has 0 aromatic heterocycles. The summed E-state index contributed by atoms with van der Waals surface area (Å²) < 4.78 is 5.97. The highest BCUT2D eigenvalue weighted by atomic mass is 16.5. The molecule has 0 aliphatic heterocycles. The number of nitrogens with zero attached hydrogens (tertiary/aromatic N) is 1. The van der Waals surface area contributed by atoms with Crippen molar-refractivity contribution in [3.05, 3.63) is 29.3 Å². The Morgan fingerprint density at radius 1 is 1.12 bits per heavy atom. The van der Waals surface area contributed by atoms with E-state index in [0.717, 1.165) is 51.5 Å². The van der Waals surface area contributed by atoms with Gasteiger partial charge in [0.25, 0.3) is 0 Å². The van der Waals surface area contributed by atoms with Crippen LogP contribution in [0, 0.1) is 19.3 Å². The molecule has 1 aromatic carbocycles. The summed E-state index contributed by atoms with van der Waals surface area (Å²) in [6.07, 6.45) is 2.27. The first-order valence-electron chi connectivity index (χ1n) is 9.51. The maximum absolute atomic E-state index is 5.97. The van der Waals surface area contributed by atoms with E-state index in [1.807, 2.05) is 0 Å². The Morgan fingerprint density at radius 3 is 2.50 bits per heavy atom. The van der Waals surface area contributed by atoms with E-state index in [1.54, 1.807) is 0 Å². The SMILES string of the molecule is CCN(CC)CCNCC(C)(C)CCCOc1cc(C)ccc1C. The van der Waals surface area contributed by atoms with Gasteiger partial charge in [-0.05, 0) is 62.4 Å². The largest absolute Gasteiger partial charge is 0.493 e. The first kappa shape index (κ1) is 21.0. The zero-order chi connectivity index (χ0) is 18.0. The summed E-state index contributed by atoms with van der Waals surface area (Å²) in [5, 5.41) is 3.62. The van der Waals surface area contributed by atoms with Gasteiger partial charge in [0, 0.05) is 19.6 Å². The van der Waals surface area contributed by atoms with Crippen LogP contribution in [0.3, 0.4) is 0 Å². The summed E-state index contributed by atoms with van der Waals surface area (Å²) in [5.41, 5.74) is 2.79. The van der Waals surface area contributed by atoms with Gasteiger partial charge in [0.1, 0.15) is 5.75 Å². The average molecular weight is 335 g/mol. The number of benzene rings is 1. The number of likely N-dealkylation sites (N-methyl/N-ethyl adjacent to an activating group) is 1. The summed E-state index contributed by atoms with van der Waals surface area (Å²) in [4.78, 5) is 2.46. The Kier molecular flexibility index (Phi) is 9.38. The predicted octanol–water partition coefficient (Wildman–Crippen LogP) is 4.42. The first-order valence-corrected chi connectivity index (χ1v) is 9.51. The van der Waals surface area contributed by atoms with E-state index in [4.69, 9.17) is 4.74 Å². The third kappa shape index (κ3) is 8.16. The number of hydrogen-bond acceptors (Lipinski definition) is 3. The van der Waals surface area contributed by atoms with E-state index >= 15 is 0 Å². The topological polar surface area (TPSA) is 24.5 Å². The minimum Gasteiger partial charge on any atom is -0.493 e. The lowest BCUT2D eigenvalue weighted by Gasteiger charge is -2.26. The van der Waals surface area contributed by atoms with E-state index in [-0.39, 0.29) is 0 Å². The van der Waals surface area contributed by atoms with Crippen molar-refractivity contribution in [2.75, 3.05) is 39.3 Å². The van der Waals surface area contributed by atoms with Crippen molar-refractivity contribution >= 4 is 0 Å². The highest BCUT2D eigenvalue weighted by molar-refractivity contribution is 5.35. The molecular weight excluding hydrogens is 296 g/mol. The minimum atomic E-state index is 0.314. The fourth-order valence-electron chi connectivity index (χ4n) is 2.89. The highest BCUT2D eigenvalue weighted by Crippen LogP contribution is 2.23. The molecule has 1 N–H and O–H groups in total. The van der Waals surface area contributed by atoms with Gasteiger partial charge < -0.3 is 15.0 Å². The molecule has 0 radical (unpaired) electrons. The monoisotopic (exact) mass is 334 g/mol. The van der Waals surface area contributed by atoms with Gasteiger partial charge in [-0.25, -0.2) is 0 Å². The molecule has 0 amide bonds. The van der Waals surface area contributed by atoms with Crippen molar-refractivity contribution in [1.82, 2.24) is 10.2 Å². The first-order chi connectivity index (χ1) is 11.4. The van der Waals surface area contributed by atoms with Gasteiger partial charge >= 0.3 is 0 Å². The fraction of sp³-hybridized carbons (Fsp3) is 0.714. The predicted molar refractivity (Wildman–Crippen MR) is 105 cm³/mol. The molecule has 0 saturated carbocycles. The normalized spacial score (nSPS) is 12.0. The van der Waals surface area contributed by atoms with Gasteiger partial charge in [0.15, 0.2) is 0 Å². The number of nitrogens with one attached hydrogen (secondary N) is 1. The molecule has 0 aliphatic carbocycles. The smallest absolute Gasteiger partial charge is 0.122 e. The average Bonchev–Trinajstić information content (AvgIpc) is 2.55. The second kappa shape index (κ2) is 10.7. The van der Waals surface area contributed by atoms with E-state index < -0.39 is 0 Å². The van der Waals surface area contributed by atoms with E-state index in [9.17, 15) is 0 Å². The van der Waals surface area contributed by atoms with Crippen LogP contribution in [0.2, 0.25) is 0 Å². The number of ether oxygens (including phenoxy) is 1. The molecule has 0 atom stereocenters. The molecule has 0 bridgehead atoms. The maximum atomic E-state index is 5.97. The van der Waals surface area contributed by atoms with Crippen LogP contribution in [0.25, 0.3) is 0 Å². The molecule has 0 aliphatic rings. The lowest BCUT2D eigenvalue weighted by molar-refractivity contribution is 0.242. The lowest BCUT2D eigenvalue weighted by Crippen LogP contribution is -2.36. The van der Waals surface area contributed by atoms with Crippen molar-refractivity contribution < 1.29 is 4.74 Å². The van der Waals surface area contributed by atoms with Gasteiger partial charge in [-0.3, -0.25) is 0 Å². The zero-order valence-electron chi connectivity index (χ0n) is 16.7. The molecule has 3 heteroatoms. The molecule has 0 heterocycles. The third-order valence-electron chi connectivity index (χ3n) is 4.70. The Balaban J connectivity index is 2.21. The standard InChI is InChI=1S/C21H38N2O/c1-7-23(8-2)14-13-22-17-21(5,6)12-9-15-24-20-16-18(3)10-11-19(20)4/h10-11,16,22H,7-9,12-15,17H2,1-6H3. The van der Waals surface area contributed by atoms with E-state index in [2.05, 4.69) is 70.0 Å². The minimum absolute atomic E-state index is 0.314. The third-order valence-corrected chi connectivity index (χ3v) is 4.70. The summed E-state index contributed by atoms with van der Waals surface area (Å²) >= 11 is 0. The summed E-state index contributed by atoms with van der Waals surface area (Å²) in [7, 11) is 0. The van der Waals surface area contributed by atoms with E-state index in [1.165, 1.54) is 17.5 Å². The van der Waals surface area contributed by atoms with Crippen molar-refractivity contribution in [1.29, 1.82) is 0 Å². The molecule has 0 saturated heterocycles. The molecule has 1 aromatic rings. The van der Waals surface area contributed by atoms with Crippen LogP contribution in [0.15, 0.2) is 18.2 Å². The summed E-state index contributed by atoms with van der Waals surface area (Å²) in [6.45, 7) is 19.7. The Labute approximate surface area is 149 Å². The molecular formula is C21H38N2O. The highest BCUT2D eigenvalue weighted by Gasteiger charge is 2.17. The van der Waals surface area contributed by atoms with Crippen LogP contribution in [-0.2, 0) is 0 Å². The second-order valence-corrected chi connectivity index (χ2v) is 7.59. The van der Waals surface area contributed by atoms with Crippen LogP contribution < -0.4 is 10.1 Å². The Bertz CT molecular complexity index is 467. The maximum Gasteiger partial charge on any atom is 0.122 e. The van der Waals surface area contributed by atoms with Gasteiger partial charge in [-0.2, -0.15) is 0 Å². The molecule has 24 heavy (non-hydrogen) atoms. The molecule has 0 fully saturated rings. The number of aryl methyl sites for hydroxylation is 2. The quantitative estimate of drug-likeness (QED) is 0.573. The fourth-order valence-corrected chi connectivity index (χ4v) is 2.89. The molecule has 0 unspecified atom stereocenters. The molecule has 138 valence electrons. The number of rotatable bonds is 12. The Hall–Kier alpha value is -1.06.